The number of ether oxygens (including phenoxy) is 2. The molecule has 0 rings (SSSR count). The van der Waals surface area contributed by atoms with Gasteiger partial charge in [0.05, 0.1) is 0 Å². The van der Waals surface area contributed by atoms with Gasteiger partial charge in [0.25, 0.3) is 0 Å². The Morgan fingerprint density at radius 2 is 2.08 bits per heavy atom. The van der Waals surface area contributed by atoms with E-state index in [1.807, 2.05) is 0 Å². The van der Waals surface area contributed by atoms with Crippen LogP contribution in [0.5, 0.6) is 0 Å². The fraction of sp³-hybridized carbons (Fsp3) is 0.857. The van der Waals surface area contributed by atoms with Crippen LogP contribution in [0.15, 0.2) is 0 Å². The number of carbonyl (C=O) groups is 1. The molecule has 0 saturated carbocycles. The molecule has 0 heterocycles. The maximum Gasteiger partial charge on any atom is 0.303 e. The normalized spacial score (nSPS) is 10.6. The molecule has 70 valence electrons. The smallest absolute Gasteiger partial charge is 0.303 e. The molecule has 1 N–H and O–H groups in total. The van der Waals surface area contributed by atoms with Crippen molar-refractivity contribution < 1.29 is 19.4 Å². The number of rotatable bonds is 7. The van der Waals surface area contributed by atoms with E-state index in [4.69, 9.17) is 14.6 Å². The van der Waals surface area contributed by atoms with Gasteiger partial charge in [0.15, 0.2) is 0 Å². The van der Waals surface area contributed by atoms with Crippen molar-refractivity contribution in [3.63, 3.8) is 0 Å². The van der Waals surface area contributed by atoms with Crippen LogP contribution in [0.3, 0.4) is 0 Å². The third-order valence-corrected chi connectivity index (χ3v) is 2.75. The fourth-order valence-corrected chi connectivity index (χ4v) is 1.67. The van der Waals surface area contributed by atoms with Gasteiger partial charge in [-0.25, -0.2) is 0 Å². The zero-order valence-corrected chi connectivity index (χ0v) is 8.37. The van der Waals surface area contributed by atoms with Gasteiger partial charge in [0, 0.05) is 20.6 Å². The van der Waals surface area contributed by atoms with E-state index in [0.29, 0.717) is 15.9 Å². The summed E-state index contributed by atoms with van der Waals surface area (Å²) < 4.78 is 9.90. The number of methoxy groups -OCH3 is 2. The van der Waals surface area contributed by atoms with E-state index in [-0.39, 0.29) is 12.3 Å². The molecule has 0 aliphatic heterocycles. The third kappa shape index (κ3) is 6.33. The largest absolute Gasteiger partial charge is 0.481 e. The van der Waals surface area contributed by atoms with Crippen LogP contribution >= 0.6 is 0 Å². The molecule has 0 atom stereocenters. The average molecular weight is 190 g/mol. The molecule has 0 fully saturated rings. The standard InChI is InChI=1S/C7H14O4Si/c1-10-7(11-2)12-5-3-4-6(8)9/h7H,3-5H2,1-2H3,(H,8,9). The SMILES string of the molecule is COC(OC)[Si]CCCC(=O)O. The number of carboxylic acids is 1. The third-order valence-electron chi connectivity index (χ3n) is 1.31. The molecule has 0 aliphatic rings. The molecule has 0 bridgehead atoms. The van der Waals surface area contributed by atoms with Crippen molar-refractivity contribution in [1.82, 2.24) is 0 Å². The van der Waals surface area contributed by atoms with Crippen LogP contribution in [0.2, 0.25) is 6.04 Å². The zero-order valence-electron chi connectivity index (χ0n) is 7.37. The van der Waals surface area contributed by atoms with Crippen LogP contribution < -0.4 is 0 Å². The number of hydrogen-bond acceptors (Lipinski definition) is 3. The lowest BCUT2D eigenvalue weighted by atomic mass is 10.3. The van der Waals surface area contributed by atoms with Crippen LogP contribution in [-0.2, 0) is 14.3 Å². The molecule has 12 heavy (non-hydrogen) atoms. The topological polar surface area (TPSA) is 55.8 Å². The lowest BCUT2D eigenvalue weighted by Gasteiger charge is -2.11. The lowest BCUT2D eigenvalue weighted by Crippen LogP contribution is -2.21. The summed E-state index contributed by atoms with van der Waals surface area (Å²) in [7, 11) is 3.68. The molecule has 0 aromatic rings. The van der Waals surface area contributed by atoms with Gasteiger partial charge in [-0.05, 0) is 6.42 Å². The summed E-state index contributed by atoms with van der Waals surface area (Å²) in [6.45, 7) is 0. The molecule has 0 saturated heterocycles. The Bertz CT molecular complexity index is 125. The highest BCUT2D eigenvalue weighted by molar-refractivity contribution is 6.36. The molecule has 0 unspecified atom stereocenters. The van der Waals surface area contributed by atoms with Crippen LogP contribution in [0.25, 0.3) is 0 Å². The van der Waals surface area contributed by atoms with Crippen LogP contribution in [-0.4, -0.2) is 40.7 Å². The zero-order chi connectivity index (χ0) is 9.40. The summed E-state index contributed by atoms with van der Waals surface area (Å²) in [4.78, 5) is 10.1. The first-order valence-electron chi connectivity index (χ1n) is 3.71. The van der Waals surface area contributed by atoms with Crippen molar-refractivity contribution in [1.29, 1.82) is 0 Å². The molecule has 0 aliphatic carbocycles. The van der Waals surface area contributed by atoms with Gasteiger partial charge < -0.3 is 14.6 Å². The number of hydrogen-bond donors (Lipinski definition) is 1. The minimum atomic E-state index is -0.744. The lowest BCUT2D eigenvalue weighted by molar-refractivity contribution is -0.137. The Hall–Kier alpha value is -0.393. The predicted octanol–water partition coefficient (Wildman–Crippen LogP) is 0.550. The van der Waals surface area contributed by atoms with E-state index in [2.05, 4.69) is 0 Å². The summed E-state index contributed by atoms with van der Waals surface area (Å²) >= 11 is 0. The van der Waals surface area contributed by atoms with Crippen LogP contribution in [0.1, 0.15) is 12.8 Å². The van der Waals surface area contributed by atoms with Gasteiger partial charge in [0.2, 0.25) is 0 Å². The van der Waals surface area contributed by atoms with Gasteiger partial charge in [-0.15, -0.1) is 0 Å². The Labute approximate surface area is 74.7 Å². The maximum atomic E-state index is 10.1. The van der Waals surface area contributed by atoms with Gasteiger partial charge in [-0.3, -0.25) is 4.79 Å². The van der Waals surface area contributed by atoms with Crippen LogP contribution in [0.4, 0.5) is 0 Å². The molecule has 0 spiro atoms. The summed E-state index contributed by atoms with van der Waals surface area (Å²) in [5.74, 6) is -0.912. The fourth-order valence-electron chi connectivity index (χ4n) is 0.722. The highest BCUT2D eigenvalue weighted by Crippen LogP contribution is 1.99. The van der Waals surface area contributed by atoms with Crippen molar-refractivity contribution in [3.05, 3.63) is 0 Å². The molecule has 0 aromatic heterocycles. The minimum absolute atomic E-state index is 0.168. The number of carboxylic acid groups (broad SMARTS) is 1. The molecule has 4 nitrogen and oxygen atoms in total. The average Bonchev–Trinajstić information content (AvgIpc) is 2.04. The van der Waals surface area contributed by atoms with E-state index in [1.165, 1.54) is 0 Å². The van der Waals surface area contributed by atoms with E-state index >= 15 is 0 Å². The van der Waals surface area contributed by atoms with E-state index in [0.717, 1.165) is 6.04 Å². The molecule has 5 heteroatoms. The Morgan fingerprint density at radius 3 is 2.50 bits per heavy atom. The molecule has 0 aromatic carbocycles. The summed E-state index contributed by atoms with van der Waals surface area (Å²) in [5.41, 5.74) is 0. The molecule has 2 radical (unpaired) electrons. The Balaban J connectivity index is 3.23. The van der Waals surface area contributed by atoms with Crippen molar-refractivity contribution in [2.75, 3.05) is 14.2 Å². The van der Waals surface area contributed by atoms with Crippen molar-refractivity contribution >= 4 is 15.5 Å². The highest BCUT2D eigenvalue weighted by Gasteiger charge is 2.06. The summed E-state index contributed by atoms with van der Waals surface area (Å²) in [6, 6.07) is 0.846. The van der Waals surface area contributed by atoms with Crippen LogP contribution in [0, 0.1) is 0 Å². The first kappa shape index (κ1) is 11.6. The first-order chi connectivity index (χ1) is 5.70. The van der Waals surface area contributed by atoms with Gasteiger partial charge in [-0.2, -0.15) is 0 Å². The molecule has 0 amide bonds. The van der Waals surface area contributed by atoms with E-state index in [9.17, 15) is 4.79 Å². The highest BCUT2D eigenvalue weighted by atomic mass is 28.2. The Morgan fingerprint density at radius 1 is 1.50 bits per heavy atom. The van der Waals surface area contributed by atoms with E-state index in [1.54, 1.807) is 14.2 Å². The second-order valence-electron chi connectivity index (χ2n) is 2.25. The number of aliphatic carboxylic acids is 1. The molecular formula is C7H14O4Si. The maximum absolute atomic E-state index is 10.1. The second kappa shape index (κ2) is 7.27. The van der Waals surface area contributed by atoms with E-state index < -0.39 is 5.97 Å². The minimum Gasteiger partial charge on any atom is -0.481 e. The quantitative estimate of drug-likeness (QED) is 0.362. The first-order valence-corrected chi connectivity index (χ1v) is 5.00. The van der Waals surface area contributed by atoms with Crippen molar-refractivity contribution in [2.24, 2.45) is 0 Å². The summed E-state index contributed by atoms with van der Waals surface area (Å²) in [6.07, 6.45) is 0.921. The van der Waals surface area contributed by atoms with Crippen molar-refractivity contribution in [2.45, 2.75) is 24.8 Å². The van der Waals surface area contributed by atoms with Gasteiger partial charge >= 0.3 is 5.97 Å². The van der Waals surface area contributed by atoms with Gasteiger partial charge in [-0.1, -0.05) is 6.04 Å². The van der Waals surface area contributed by atoms with Gasteiger partial charge in [0.1, 0.15) is 15.4 Å². The second-order valence-corrected chi connectivity index (χ2v) is 3.63. The monoisotopic (exact) mass is 190 g/mol. The van der Waals surface area contributed by atoms with Crippen molar-refractivity contribution in [3.8, 4) is 0 Å². The Kier molecular flexibility index (Phi) is 7.03. The molecular weight excluding hydrogens is 176 g/mol. The summed E-state index contributed by atoms with van der Waals surface area (Å²) in [5, 5.41) is 8.33. The predicted molar refractivity (Wildman–Crippen MR) is 45.2 cm³/mol.